The maximum atomic E-state index is 13.8. The SMILES string of the molecule is O=C(c1cc2ccccc2c2ccccc12)C1CC2CCC(C1)N2Cc1ccccc1. The van der Waals surface area contributed by atoms with Crippen LogP contribution in [0.4, 0.5) is 0 Å². The van der Waals surface area contributed by atoms with Crippen molar-refractivity contribution in [2.24, 2.45) is 5.92 Å². The topological polar surface area (TPSA) is 20.3 Å². The monoisotopic (exact) mass is 405 g/mol. The third kappa shape index (κ3) is 3.26. The average Bonchev–Trinajstić information content (AvgIpc) is 3.05. The molecule has 0 spiro atoms. The summed E-state index contributed by atoms with van der Waals surface area (Å²) in [6.45, 7) is 1.01. The number of fused-ring (bicyclic) bond motifs is 5. The third-order valence-corrected chi connectivity index (χ3v) is 7.50. The van der Waals surface area contributed by atoms with E-state index in [1.54, 1.807) is 0 Å². The van der Waals surface area contributed by atoms with E-state index in [-0.39, 0.29) is 5.92 Å². The summed E-state index contributed by atoms with van der Waals surface area (Å²) in [6, 6.07) is 30.8. The van der Waals surface area contributed by atoms with E-state index in [1.165, 1.54) is 29.2 Å². The third-order valence-electron chi connectivity index (χ3n) is 7.50. The lowest BCUT2D eigenvalue weighted by molar-refractivity contribution is 0.0680. The molecule has 0 aliphatic carbocycles. The highest BCUT2D eigenvalue weighted by Gasteiger charge is 2.43. The summed E-state index contributed by atoms with van der Waals surface area (Å²) in [7, 11) is 0. The predicted octanol–water partition coefficient (Wildman–Crippen LogP) is 6.62. The van der Waals surface area contributed by atoms with Crippen LogP contribution in [0.5, 0.6) is 0 Å². The van der Waals surface area contributed by atoms with Crippen LogP contribution in [0.2, 0.25) is 0 Å². The predicted molar refractivity (Wildman–Crippen MR) is 127 cm³/mol. The molecule has 6 rings (SSSR count). The Bertz CT molecular complexity index is 1250. The Balaban J connectivity index is 1.32. The zero-order chi connectivity index (χ0) is 20.8. The standard InChI is InChI=1S/C29H27NO/c31-29(28-18-21-10-4-5-11-25(21)26-12-6-7-13-27(26)28)22-16-23-14-15-24(17-22)30(23)19-20-8-2-1-3-9-20/h1-13,18,22-24H,14-17,19H2. The number of ketones is 1. The molecule has 2 unspecified atom stereocenters. The quantitative estimate of drug-likeness (QED) is 0.281. The number of rotatable bonds is 4. The smallest absolute Gasteiger partial charge is 0.166 e. The Labute approximate surface area is 183 Å². The molecular formula is C29H27NO. The number of benzene rings is 4. The van der Waals surface area contributed by atoms with Gasteiger partial charge in [-0.3, -0.25) is 9.69 Å². The first-order chi connectivity index (χ1) is 15.3. The molecule has 2 aliphatic heterocycles. The van der Waals surface area contributed by atoms with Crippen LogP contribution in [0.1, 0.15) is 41.6 Å². The van der Waals surface area contributed by atoms with E-state index in [1.807, 2.05) is 0 Å². The highest BCUT2D eigenvalue weighted by Crippen LogP contribution is 2.41. The minimum Gasteiger partial charge on any atom is -0.294 e. The van der Waals surface area contributed by atoms with Crippen LogP contribution < -0.4 is 0 Å². The first-order valence-electron chi connectivity index (χ1n) is 11.5. The summed E-state index contributed by atoms with van der Waals surface area (Å²) in [6.07, 6.45) is 4.42. The van der Waals surface area contributed by atoms with Crippen molar-refractivity contribution < 1.29 is 4.79 Å². The Morgan fingerprint density at radius 2 is 1.35 bits per heavy atom. The fourth-order valence-electron chi connectivity index (χ4n) is 6.02. The minimum absolute atomic E-state index is 0.133. The first kappa shape index (κ1) is 18.8. The Kier molecular flexibility index (Phi) is 4.61. The van der Waals surface area contributed by atoms with Crippen molar-refractivity contribution in [1.82, 2.24) is 4.90 Å². The molecule has 0 aromatic heterocycles. The molecule has 2 heteroatoms. The van der Waals surface area contributed by atoms with Crippen LogP contribution in [0, 0.1) is 5.92 Å². The molecule has 2 bridgehead atoms. The second kappa shape index (κ2) is 7.62. The summed E-state index contributed by atoms with van der Waals surface area (Å²) < 4.78 is 0. The van der Waals surface area contributed by atoms with Gasteiger partial charge in [0.2, 0.25) is 0 Å². The molecule has 0 saturated carbocycles. The van der Waals surface area contributed by atoms with Gasteiger partial charge in [0.05, 0.1) is 0 Å². The Hall–Kier alpha value is -2.97. The van der Waals surface area contributed by atoms with Crippen molar-refractivity contribution in [3.05, 3.63) is 96.1 Å². The molecule has 0 amide bonds. The summed E-state index contributed by atoms with van der Waals surface area (Å²) in [5.74, 6) is 0.479. The van der Waals surface area contributed by atoms with Gasteiger partial charge in [-0.25, -0.2) is 0 Å². The van der Waals surface area contributed by atoms with E-state index < -0.39 is 0 Å². The van der Waals surface area contributed by atoms with Gasteiger partial charge < -0.3 is 0 Å². The molecule has 31 heavy (non-hydrogen) atoms. The van der Waals surface area contributed by atoms with Crippen molar-refractivity contribution in [1.29, 1.82) is 0 Å². The maximum Gasteiger partial charge on any atom is 0.166 e. The number of hydrogen-bond donors (Lipinski definition) is 0. The van der Waals surface area contributed by atoms with Gasteiger partial charge in [0.1, 0.15) is 0 Å². The lowest BCUT2D eigenvalue weighted by Crippen LogP contribution is -2.44. The summed E-state index contributed by atoms with van der Waals surface area (Å²) in [4.78, 5) is 16.5. The van der Waals surface area contributed by atoms with Crippen molar-refractivity contribution in [3.8, 4) is 0 Å². The van der Waals surface area contributed by atoms with Crippen LogP contribution in [0.15, 0.2) is 84.9 Å². The zero-order valence-corrected chi connectivity index (χ0v) is 17.7. The molecule has 154 valence electrons. The van der Waals surface area contributed by atoms with E-state index in [4.69, 9.17) is 0 Å². The van der Waals surface area contributed by atoms with E-state index >= 15 is 0 Å². The number of carbonyl (C=O) groups excluding carboxylic acids is 1. The first-order valence-corrected chi connectivity index (χ1v) is 11.5. The molecule has 0 radical (unpaired) electrons. The largest absolute Gasteiger partial charge is 0.294 e. The zero-order valence-electron chi connectivity index (χ0n) is 17.7. The molecule has 2 heterocycles. The second-order valence-corrected chi connectivity index (χ2v) is 9.27. The molecule has 2 fully saturated rings. The summed E-state index contributed by atoms with van der Waals surface area (Å²) >= 11 is 0. The van der Waals surface area contributed by atoms with E-state index in [2.05, 4.69) is 89.8 Å². The van der Waals surface area contributed by atoms with Crippen LogP contribution >= 0.6 is 0 Å². The average molecular weight is 406 g/mol. The number of piperidine rings is 1. The van der Waals surface area contributed by atoms with E-state index in [0.717, 1.165) is 35.7 Å². The van der Waals surface area contributed by atoms with Crippen LogP contribution in [0.3, 0.4) is 0 Å². The number of nitrogens with zero attached hydrogens (tertiary/aromatic N) is 1. The van der Waals surface area contributed by atoms with Crippen molar-refractivity contribution in [2.45, 2.75) is 44.3 Å². The Morgan fingerprint density at radius 3 is 2.10 bits per heavy atom. The highest BCUT2D eigenvalue weighted by atomic mass is 16.1. The number of Topliss-reactive ketones (excluding diaryl/α,β-unsaturated/α-hetero) is 1. The normalized spacial score (nSPS) is 23.4. The fourth-order valence-corrected chi connectivity index (χ4v) is 6.02. The van der Waals surface area contributed by atoms with Crippen molar-refractivity contribution in [2.75, 3.05) is 0 Å². The van der Waals surface area contributed by atoms with Gasteiger partial charge in [0.15, 0.2) is 5.78 Å². The summed E-state index contributed by atoms with van der Waals surface area (Å²) in [5.41, 5.74) is 2.29. The van der Waals surface area contributed by atoms with Gasteiger partial charge in [-0.1, -0.05) is 78.9 Å². The van der Waals surface area contributed by atoms with Gasteiger partial charge in [-0.05, 0) is 58.9 Å². The lowest BCUT2D eigenvalue weighted by atomic mass is 9.82. The van der Waals surface area contributed by atoms with Gasteiger partial charge in [-0.2, -0.15) is 0 Å². The van der Waals surface area contributed by atoms with Crippen molar-refractivity contribution >= 4 is 27.3 Å². The molecule has 4 aromatic rings. The minimum atomic E-state index is 0.133. The Morgan fingerprint density at radius 1 is 0.742 bits per heavy atom. The molecule has 2 aliphatic rings. The van der Waals surface area contributed by atoms with Crippen molar-refractivity contribution in [3.63, 3.8) is 0 Å². The molecule has 4 aromatic carbocycles. The van der Waals surface area contributed by atoms with Gasteiger partial charge in [0.25, 0.3) is 0 Å². The molecule has 0 N–H and O–H groups in total. The van der Waals surface area contributed by atoms with Gasteiger partial charge >= 0.3 is 0 Å². The van der Waals surface area contributed by atoms with Crippen LogP contribution in [-0.2, 0) is 6.54 Å². The molecule has 2 atom stereocenters. The molecule has 2 saturated heterocycles. The summed E-state index contributed by atoms with van der Waals surface area (Å²) in [5, 5.41) is 4.68. The van der Waals surface area contributed by atoms with Gasteiger partial charge in [-0.15, -0.1) is 0 Å². The maximum absolute atomic E-state index is 13.8. The molecule has 2 nitrogen and oxygen atoms in total. The van der Waals surface area contributed by atoms with E-state index in [0.29, 0.717) is 17.9 Å². The second-order valence-electron chi connectivity index (χ2n) is 9.27. The fraction of sp³-hybridized carbons (Fsp3) is 0.276. The lowest BCUT2D eigenvalue weighted by Gasteiger charge is -2.38. The van der Waals surface area contributed by atoms with Gasteiger partial charge in [0, 0.05) is 30.1 Å². The van der Waals surface area contributed by atoms with Crippen LogP contribution in [0.25, 0.3) is 21.5 Å². The highest BCUT2D eigenvalue weighted by molar-refractivity contribution is 6.18. The molecular weight excluding hydrogens is 378 g/mol. The number of hydrogen-bond acceptors (Lipinski definition) is 2. The van der Waals surface area contributed by atoms with E-state index in [9.17, 15) is 4.79 Å². The van der Waals surface area contributed by atoms with Crippen LogP contribution in [-0.4, -0.2) is 22.8 Å². The number of carbonyl (C=O) groups is 1.